The molecule has 12 nitrogen and oxygen atoms in total. The molecule has 2 atom stereocenters. The van der Waals surface area contributed by atoms with E-state index in [9.17, 15) is 39.0 Å². The zero-order valence-corrected chi connectivity index (χ0v) is 15.7. The van der Waals surface area contributed by atoms with Gasteiger partial charge in [-0.3, -0.25) is 0 Å². The van der Waals surface area contributed by atoms with Gasteiger partial charge in [-0.2, -0.15) is 0 Å². The summed E-state index contributed by atoms with van der Waals surface area (Å²) in [6.07, 6.45) is -2.65. The number of methoxy groups -OCH3 is 2. The number of ether oxygens (including phenoxy) is 4. The van der Waals surface area contributed by atoms with Gasteiger partial charge in [0.2, 0.25) is 12.2 Å². The van der Waals surface area contributed by atoms with Crippen molar-refractivity contribution >= 4 is 58.9 Å². The summed E-state index contributed by atoms with van der Waals surface area (Å²) in [5.41, 5.74) is 0. The molecule has 0 N–H and O–H groups in total. The van der Waals surface area contributed by atoms with Crippen LogP contribution in [0.3, 0.4) is 0 Å². The third-order valence-corrected chi connectivity index (χ3v) is 2.06. The SMILES string of the molecule is C=CC(=O)OC(C(=O)[O-])C(=O)OC.C=CC(=O)OC(C(=O)[O-])C(=O)OC.[Mg+2]. The summed E-state index contributed by atoms with van der Waals surface area (Å²) in [6.45, 7) is 6.04. The van der Waals surface area contributed by atoms with Gasteiger partial charge in [0.25, 0.3) is 0 Å². The van der Waals surface area contributed by atoms with Gasteiger partial charge in [-0.05, 0) is 0 Å². The van der Waals surface area contributed by atoms with Gasteiger partial charge in [0.05, 0.1) is 26.2 Å². The Balaban J connectivity index is -0.000000411. The Kier molecular flexibility index (Phi) is 16.4. The first-order valence-corrected chi connectivity index (χ1v) is 6.29. The van der Waals surface area contributed by atoms with Crippen molar-refractivity contribution in [2.24, 2.45) is 0 Å². The number of carbonyl (C=O) groups excluding carboxylic acids is 6. The molecular weight excluding hydrogens is 384 g/mol. The van der Waals surface area contributed by atoms with Crippen molar-refractivity contribution in [3.05, 3.63) is 25.3 Å². The van der Waals surface area contributed by atoms with E-state index >= 15 is 0 Å². The number of carbonyl (C=O) groups is 6. The molecule has 27 heavy (non-hydrogen) atoms. The second-order valence-corrected chi connectivity index (χ2v) is 3.73. The second kappa shape index (κ2) is 15.3. The average molecular weight is 399 g/mol. The number of esters is 4. The largest absolute Gasteiger partial charge is 2.00 e. The van der Waals surface area contributed by atoms with Crippen molar-refractivity contribution in [3.8, 4) is 0 Å². The molecule has 0 saturated heterocycles. The maximum Gasteiger partial charge on any atom is 2.00 e. The molecule has 0 aromatic rings. The number of rotatable bonds is 8. The van der Waals surface area contributed by atoms with E-state index in [0.717, 1.165) is 26.4 Å². The zero-order chi connectivity index (χ0) is 20.9. The molecule has 0 heterocycles. The molecular formula is C14H14MgO12. The van der Waals surface area contributed by atoms with E-state index in [2.05, 4.69) is 32.1 Å². The summed E-state index contributed by atoms with van der Waals surface area (Å²) in [5, 5.41) is 20.5. The van der Waals surface area contributed by atoms with Crippen LogP contribution in [0.2, 0.25) is 0 Å². The molecule has 0 fully saturated rings. The van der Waals surface area contributed by atoms with Crippen LogP contribution >= 0.6 is 0 Å². The molecule has 0 aromatic heterocycles. The average Bonchev–Trinajstić information content (AvgIpc) is 2.62. The molecule has 0 aliphatic rings. The summed E-state index contributed by atoms with van der Waals surface area (Å²) in [5.74, 6) is -8.20. The Morgan fingerprint density at radius 3 is 1.15 bits per heavy atom. The van der Waals surface area contributed by atoms with Crippen LogP contribution in [0.1, 0.15) is 0 Å². The van der Waals surface area contributed by atoms with Gasteiger partial charge in [0, 0.05) is 12.2 Å². The first kappa shape index (κ1) is 28.9. The number of hydrogen-bond donors (Lipinski definition) is 0. The minimum atomic E-state index is -2.05. The molecule has 0 radical (unpaired) electrons. The maximum absolute atomic E-state index is 10.7. The van der Waals surface area contributed by atoms with Gasteiger partial charge >= 0.3 is 46.9 Å². The molecule has 0 amide bonds. The van der Waals surface area contributed by atoms with Crippen molar-refractivity contribution in [3.63, 3.8) is 0 Å². The fourth-order valence-electron chi connectivity index (χ4n) is 0.928. The molecule has 0 aromatic carbocycles. The van der Waals surface area contributed by atoms with E-state index in [-0.39, 0.29) is 23.1 Å². The van der Waals surface area contributed by atoms with E-state index in [1.54, 1.807) is 0 Å². The summed E-state index contributed by atoms with van der Waals surface area (Å²) >= 11 is 0. The van der Waals surface area contributed by atoms with Crippen LogP contribution in [0, 0.1) is 0 Å². The van der Waals surface area contributed by atoms with Crippen molar-refractivity contribution in [2.75, 3.05) is 14.2 Å². The van der Waals surface area contributed by atoms with Crippen LogP contribution in [0.15, 0.2) is 25.3 Å². The first-order valence-electron chi connectivity index (χ1n) is 6.29. The fraction of sp³-hybridized carbons (Fsp3) is 0.286. The van der Waals surface area contributed by atoms with Gasteiger partial charge in [-0.15, -0.1) is 0 Å². The molecule has 144 valence electrons. The molecule has 0 aliphatic carbocycles. The smallest absolute Gasteiger partial charge is 0.545 e. The van der Waals surface area contributed by atoms with Gasteiger partial charge in [0.1, 0.15) is 0 Å². The predicted octanol–water partition coefficient (Wildman–Crippen LogP) is -4.37. The fourth-order valence-corrected chi connectivity index (χ4v) is 0.928. The number of hydrogen-bond acceptors (Lipinski definition) is 12. The van der Waals surface area contributed by atoms with Crippen molar-refractivity contribution in [2.45, 2.75) is 12.2 Å². The molecule has 0 saturated carbocycles. The molecule has 0 aliphatic heterocycles. The van der Waals surface area contributed by atoms with Crippen LogP contribution in [-0.4, -0.2) is 85.3 Å². The van der Waals surface area contributed by atoms with E-state index < -0.39 is 48.0 Å². The Labute approximate surface area is 168 Å². The minimum Gasteiger partial charge on any atom is -0.545 e. The van der Waals surface area contributed by atoms with Crippen LogP contribution in [0.25, 0.3) is 0 Å². The van der Waals surface area contributed by atoms with E-state index in [1.807, 2.05) is 0 Å². The minimum absolute atomic E-state index is 0. The van der Waals surface area contributed by atoms with Crippen molar-refractivity contribution in [1.82, 2.24) is 0 Å². The van der Waals surface area contributed by atoms with E-state index in [0.29, 0.717) is 0 Å². The second-order valence-electron chi connectivity index (χ2n) is 3.73. The third kappa shape index (κ3) is 12.1. The van der Waals surface area contributed by atoms with Crippen LogP contribution in [0.4, 0.5) is 0 Å². The Hall–Kier alpha value is -2.93. The van der Waals surface area contributed by atoms with E-state index in [1.165, 1.54) is 0 Å². The van der Waals surface area contributed by atoms with Crippen LogP contribution in [0.5, 0.6) is 0 Å². The topological polar surface area (TPSA) is 185 Å². The van der Waals surface area contributed by atoms with Crippen LogP contribution in [-0.2, 0) is 47.7 Å². The third-order valence-electron chi connectivity index (χ3n) is 2.06. The predicted molar refractivity (Wildman–Crippen MR) is 80.0 cm³/mol. The quantitative estimate of drug-likeness (QED) is 0.126. The monoisotopic (exact) mass is 398 g/mol. The van der Waals surface area contributed by atoms with Gasteiger partial charge in [-0.1, -0.05) is 13.2 Å². The summed E-state index contributed by atoms with van der Waals surface area (Å²) in [6, 6.07) is 0. The molecule has 2 unspecified atom stereocenters. The Morgan fingerprint density at radius 2 is 1.00 bits per heavy atom. The van der Waals surface area contributed by atoms with Crippen molar-refractivity contribution in [1.29, 1.82) is 0 Å². The number of carboxylic acid groups (broad SMARTS) is 2. The Morgan fingerprint density at radius 1 is 0.741 bits per heavy atom. The number of aliphatic carboxylic acids is 2. The molecule has 13 heteroatoms. The maximum atomic E-state index is 10.7. The van der Waals surface area contributed by atoms with Gasteiger partial charge < -0.3 is 38.7 Å². The van der Waals surface area contributed by atoms with Crippen molar-refractivity contribution < 1.29 is 57.9 Å². The Bertz CT molecular complexity index is 545. The molecule has 0 rings (SSSR count). The first-order chi connectivity index (χ1) is 12.0. The standard InChI is InChI=1S/2C7H8O6.Mg/c2*1-3-4(8)13-5(6(9)10)7(11)12-2;/h2*3,5H,1H2,2H3,(H,9,10);/q;;+2/p-2. The molecule has 0 bridgehead atoms. The summed E-state index contributed by atoms with van der Waals surface area (Å²) in [4.78, 5) is 62.8. The molecule has 0 spiro atoms. The summed E-state index contributed by atoms with van der Waals surface area (Å²) < 4.78 is 16.3. The van der Waals surface area contributed by atoms with Gasteiger partial charge in [-0.25, -0.2) is 19.2 Å². The van der Waals surface area contributed by atoms with E-state index in [4.69, 9.17) is 0 Å². The normalized spacial score (nSPS) is 10.7. The van der Waals surface area contributed by atoms with Crippen LogP contribution < -0.4 is 10.2 Å². The number of carboxylic acids is 2. The summed E-state index contributed by atoms with van der Waals surface area (Å²) in [7, 11) is 1.92. The van der Waals surface area contributed by atoms with Gasteiger partial charge in [0.15, 0.2) is 0 Å². The zero-order valence-electron chi connectivity index (χ0n) is 14.3.